The first kappa shape index (κ1) is 17.6. The van der Waals surface area contributed by atoms with E-state index in [4.69, 9.17) is 32.7 Å². The minimum absolute atomic E-state index is 0.0324. The number of rotatable bonds is 5. The third-order valence-electron chi connectivity index (χ3n) is 3.73. The van der Waals surface area contributed by atoms with Gasteiger partial charge in [-0.25, -0.2) is 0 Å². The number of para-hydroxylation sites is 2. The van der Waals surface area contributed by atoms with Gasteiger partial charge in [0.2, 0.25) is 0 Å². The summed E-state index contributed by atoms with van der Waals surface area (Å²) < 4.78 is 10.6. The van der Waals surface area contributed by atoms with Gasteiger partial charge in [-0.2, -0.15) is 0 Å². The van der Waals surface area contributed by atoms with E-state index in [9.17, 15) is 9.59 Å². The zero-order valence-corrected chi connectivity index (χ0v) is 14.7. The molecule has 25 heavy (non-hydrogen) atoms. The number of anilines is 1. The van der Waals surface area contributed by atoms with Crippen molar-refractivity contribution in [1.82, 2.24) is 0 Å². The normalized spacial score (nSPS) is 13.2. The Balaban J connectivity index is 1.55. The Morgan fingerprint density at radius 1 is 1.16 bits per heavy atom. The van der Waals surface area contributed by atoms with Crippen LogP contribution in [0.2, 0.25) is 10.0 Å². The van der Waals surface area contributed by atoms with Gasteiger partial charge in [0, 0.05) is 6.54 Å². The molecule has 2 aromatic rings. The molecule has 1 aliphatic rings. The smallest absolute Gasteiger partial charge is 0.307 e. The summed E-state index contributed by atoms with van der Waals surface area (Å²) in [6.45, 7) is 0.304. The zero-order chi connectivity index (χ0) is 17.8. The molecule has 0 unspecified atom stereocenters. The average Bonchev–Trinajstić information content (AvgIpc) is 2.62. The Morgan fingerprint density at radius 3 is 2.76 bits per heavy atom. The van der Waals surface area contributed by atoms with Gasteiger partial charge in [0.15, 0.2) is 6.61 Å². The van der Waals surface area contributed by atoms with E-state index in [0.717, 1.165) is 5.56 Å². The molecule has 7 heteroatoms. The largest absolute Gasteiger partial charge is 0.482 e. The first-order chi connectivity index (χ1) is 12.0. The molecule has 0 radical (unpaired) electrons. The maximum absolute atomic E-state index is 12.0. The van der Waals surface area contributed by atoms with Crippen LogP contribution in [0.5, 0.6) is 5.75 Å². The third-order valence-corrected chi connectivity index (χ3v) is 4.47. The van der Waals surface area contributed by atoms with Crippen molar-refractivity contribution in [3.63, 3.8) is 0 Å². The van der Waals surface area contributed by atoms with Crippen molar-refractivity contribution in [3.05, 3.63) is 58.1 Å². The summed E-state index contributed by atoms with van der Waals surface area (Å²) in [5.74, 6) is 0.0464. The maximum Gasteiger partial charge on any atom is 0.307 e. The average molecular weight is 380 g/mol. The molecule has 0 fully saturated rings. The molecule has 0 spiro atoms. The standard InChI is InChI=1S/C18H15Cl2NO4/c19-13-6-5-12(9-14(13)20)10-25-18(23)7-8-21-15-3-1-2-4-16(15)24-11-17(21)22/h1-6,9H,7-8,10-11H2. The molecule has 1 aliphatic heterocycles. The summed E-state index contributed by atoms with van der Waals surface area (Å²) in [5.41, 5.74) is 1.41. The summed E-state index contributed by atoms with van der Waals surface area (Å²) >= 11 is 11.8. The first-order valence-electron chi connectivity index (χ1n) is 7.66. The van der Waals surface area contributed by atoms with Crippen LogP contribution in [-0.4, -0.2) is 25.0 Å². The predicted octanol–water partition coefficient (Wildman–Crippen LogP) is 3.85. The third kappa shape index (κ3) is 4.24. The van der Waals surface area contributed by atoms with Crippen LogP contribution in [-0.2, 0) is 20.9 Å². The number of hydrogen-bond donors (Lipinski definition) is 0. The van der Waals surface area contributed by atoms with Gasteiger partial charge < -0.3 is 14.4 Å². The van der Waals surface area contributed by atoms with Crippen molar-refractivity contribution >= 4 is 40.8 Å². The lowest BCUT2D eigenvalue weighted by molar-refractivity contribution is -0.144. The number of esters is 1. The van der Waals surface area contributed by atoms with Crippen LogP contribution < -0.4 is 9.64 Å². The van der Waals surface area contributed by atoms with E-state index in [1.54, 1.807) is 35.2 Å². The maximum atomic E-state index is 12.0. The van der Waals surface area contributed by atoms with E-state index >= 15 is 0 Å². The molecule has 2 aromatic carbocycles. The van der Waals surface area contributed by atoms with Gasteiger partial charge in [0.1, 0.15) is 12.4 Å². The molecule has 130 valence electrons. The molecule has 0 bridgehead atoms. The van der Waals surface area contributed by atoms with E-state index in [1.165, 1.54) is 0 Å². The molecular formula is C18H15Cl2NO4. The van der Waals surface area contributed by atoms with E-state index in [2.05, 4.69) is 0 Å². The van der Waals surface area contributed by atoms with E-state index in [1.807, 2.05) is 12.1 Å². The number of hydrogen-bond acceptors (Lipinski definition) is 4. The molecule has 0 aromatic heterocycles. The van der Waals surface area contributed by atoms with Crippen LogP contribution in [0.4, 0.5) is 5.69 Å². The van der Waals surface area contributed by atoms with Crippen LogP contribution in [0.3, 0.4) is 0 Å². The number of nitrogens with zero attached hydrogens (tertiary/aromatic N) is 1. The topological polar surface area (TPSA) is 55.8 Å². The van der Waals surface area contributed by atoms with Crippen molar-refractivity contribution in [3.8, 4) is 5.75 Å². The number of halogens is 2. The quantitative estimate of drug-likeness (QED) is 0.740. The van der Waals surface area contributed by atoms with Crippen LogP contribution in [0.1, 0.15) is 12.0 Å². The summed E-state index contributed by atoms with van der Waals surface area (Å²) in [7, 11) is 0. The summed E-state index contributed by atoms with van der Waals surface area (Å²) in [5, 5.41) is 0.854. The molecule has 3 rings (SSSR count). The van der Waals surface area contributed by atoms with Crippen molar-refractivity contribution < 1.29 is 19.1 Å². The molecule has 1 heterocycles. The number of carbonyl (C=O) groups is 2. The van der Waals surface area contributed by atoms with Crippen molar-refractivity contribution in [2.75, 3.05) is 18.1 Å². The Labute approximate surface area is 155 Å². The minimum atomic E-state index is -0.400. The fraction of sp³-hybridized carbons (Fsp3) is 0.222. The number of amides is 1. The molecule has 0 aliphatic carbocycles. The molecule has 0 atom stereocenters. The summed E-state index contributed by atoms with van der Waals surface area (Å²) in [4.78, 5) is 25.6. The van der Waals surface area contributed by atoms with E-state index in [0.29, 0.717) is 21.5 Å². The van der Waals surface area contributed by atoms with Crippen LogP contribution in [0, 0.1) is 0 Å². The minimum Gasteiger partial charge on any atom is -0.482 e. The molecular weight excluding hydrogens is 365 g/mol. The van der Waals surface area contributed by atoms with Gasteiger partial charge in [0.25, 0.3) is 5.91 Å². The van der Waals surface area contributed by atoms with Crippen LogP contribution in [0.25, 0.3) is 0 Å². The number of benzene rings is 2. The van der Waals surface area contributed by atoms with Crippen molar-refractivity contribution in [1.29, 1.82) is 0 Å². The highest BCUT2D eigenvalue weighted by Crippen LogP contribution is 2.31. The highest BCUT2D eigenvalue weighted by molar-refractivity contribution is 6.42. The second-order valence-electron chi connectivity index (χ2n) is 5.46. The molecule has 1 amide bonds. The number of carbonyl (C=O) groups excluding carboxylic acids is 2. The highest BCUT2D eigenvalue weighted by atomic mass is 35.5. The second kappa shape index (κ2) is 7.76. The zero-order valence-electron chi connectivity index (χ0n) is 13.2. The SMILES string of the molecule is O=C(CCN1C(=O)COc2ccccc21)OCc1ccc(Cl)c(Cl)c1. The lowest BCUT2D eigenvalue weighted by Gasteiger charge is -2.28. The monoisotopic (exact) mass is 379 g/mol. The van der Waals surface area contributed by atoms with Crippen LogP contribution >= 0.6 is 23.2 Å². The van der Waals surface area contributed by atoms with Gasteiger partial charge in [-0.3, -0.25) is 9.59 Å². The van der Waals surface area contributed by atoms with E-state index in [-0.39, 0.29) is 32.1 Å². The Kier molecular flexibility index (Phi) is 5.46. The van der Waals surface area contributed by atoms with Crippen LogP contribution in [0.15, 0.2) is 42.5 Å². The Hall–Kier alpha value is -2.24. The number of fused-ring (bicyclic) bond motifs is 1. The van der Waals surface area contributed by atoms with E-state index < -0.39 is 5.97 Å². The molecule has 0 saturated carbocycles. The summed E-state index contributed by atoms with van der Waals surface area (Å²) in [6, 6.07) is 12.3. The molecule has 0 N–H and O–H groups in total. The lowest BCUT2D eigenvalue weighted by atomic mass is 10.2. The summed E-state index contributed by atoms with van der Waals surface area (Å²) in [6.07, 6.45) is 0.0847. The Morgan fingerprint density at radius 2 is 1.96 bits per heavy atom. The van der Waals surface area contributed by atoms with Gasteiger partial charge in [-0.1, -0.05) is 41.4 Å². The molecule has 0 saturated heterocycles. The van der Waals surface area contributed by atoms with Gasteiger partial charge in [-0.15, -0.1) is 0 Å². The van der Waals surface area contributed by atoms with Gasteiger partial charge in [0.05, 0.1) is 22.2 Å². The first-order valence-corrected chi connectivity index (χ1v) is 8.42. The molecule has 5 nitrogen and oxygen atoms in total. The van der Waals surface area contributed by atoms with Crippen molar-refractivity contribution in [2.45, 2.75) is 13.0 Å². The fourth-order valence-corrected chi connectivity index (χ4v) is 2.79. The highest BCUT2D eigenvalue weighted by Gasteiger charge is 2.25. The number of ether oxygens (including phenoxy) is 2. The Bertz CT molecular complexity index is 809. The lowest BCUT2D eigenvalue weighted by Crippen LogP contribution is -2.40. The van der Waals surface area contributed by atoms with Gasteiger partial charge in [-0.05, 0) is 29.8 Å². The van der Waals surface area contributed by atoms with Gasteiger partial charge >= 0.3 is 5.97 Å². The van der Waals surface area contributed by atoms with Crippen molar-refractivity contribution in [2.24, 2.45) is 0 Å². The second-order valence-corrected chi connectivity index (χ2v) is 6.28. The fourth-order valence-electron chi connectivity index (χ4n) is 2.47. The predicted molar refractivity (Wildman–Crippen MR) is 95.2 cm³/mol.